The first kappa shape index (κ1) is 13.0. The smallest absolute Gasteiger partial charge is 0.0558 e. The summed E-state index contributed by atoms with van der Waals surface area (Å²) >= 11 is 0. The maximum absolute atomic E-state index is 9.11. The van der Waals surface area contributed by atoms with Crippen molar-refractivity contribution in [3.05, 3.63) is 0 Å². The Hall–Kier alpha value is -0.0800. The molecule has 1 rings (SSSR count). The van der Waals surface area contributed by atoms with Crippen LogP contribution in [-0.2, 0) is 0 Å². The summed E-state index contributed by atoms with van der Waals surface area (Å²) in [6.45, 7) is 6.92. The van der Waals surface area contributed by atoms with Gasteiger partial charge in [-0.1, -0.05) is 39.5 Å². The second kappa shape index (κ2) is 7.24. The molecule has 0 aliphatic heterocycles. The summed E-state index contributed by atoms with van der Waals surface area (Å²) in [5.74, 6) is 0.762. The summed E-state index contributed by atoms with van der Waals surface area (Å²) in [6, 6.07) is 0.750. The number of hydrogen-bond donors (Lipinski definition) is 1. The highest BCUT2D eigenvalue weighted by Gasteiger charge is 2.21. The monoisotopic (exact) mass is 213 g/mol. The molecular weight excluding hydrogens is 186 g/mol. The molecule has 0 aromatic carbocycles. The van der Waals surface area contributed by atoms with E-state index in [1.165, 1.54) is 45.1 Å². The molecule has 15 heavy (non-hydrogen) atoms. The van der Waals surface area contributed by atoms with Crippen molar-refractivity contribution in [3.63, 3.8) is 0 Å². The number of rotatable bonds is 6. The molecule has 0 saturated heterocycles. The minimum Gasteiger partial charge on any atom is -0.395 e. The summed E-state index contributed by atoms with van der Waals surface area (Å²) in [5.41, 5.74) is 0. The van der Waals surface area contributed by atoms with Crippen molar-refractivity contribution in [2.45, 2.75) is 58.4 Å². The third kappa shape index (κ3) is 4.52. The summed E-state index contributed by atoms with van der Waals surface area (Å²) < 4.78 is 0. The summed E-state index contributed by atoms with van der Waals surface area (Å²) in [7, 11) is 0. The van der Waals surface area contributed by atoms with Gasteiger partial charge in [-0.05, 0) is 18.8 Å². The molecule has 1 N–H and O–H groups in total. The van der Waals surface area contributed by atoms with E-state index in [-0.39, 0.29) is 0 Å². The summed E-state index contributed by atoms with van der Waals surface area (Å²) in [6.07, 6.45) is 8.11. The topological polar surface area (TPSA) is 23.5 Å². The van der Waals surface area contributed by atoms with Crippen LogP contribution in [0.25, 0.3) is 0 Å². The SMILES string of the molecule is CCC(C)CN(CCO)C1CCCCC1. The fourth-order valence-electron chi connectivity index (χ4n) is 2.53. The zero-order valence-corrected chi connectivity index (χ0v) is 10.4. The molecule has 0 aromatic rings. The predicted octanol–water partition coefficient (Wildman–Crippen LogP) is 2.66. The molecular formula is C13H27NO. The van der Waals surface area contributed by atoms with Gasteiger partial charge in [0.15, 0.2) is 0 Å². The second-order valence-corrected chi connectivity index (χ2v) is 5.02. The van der Waals surface area contributed by atoms with Crippen molar-refractivity contribution >= 4 is 0 Å². The van der Waals surface area contributed by atoms with Crippen LogP contribution < -0.4 is 0 Å². The van der Waals surface area contributed by atoms with E-state index in [9.17, 15) is 0 Å². The van der Waals surface area contributed by atoms with Crippen LogP contribution in [-0.4, -0.2) is 35.7 Å². The molecule has 1 unspecified atom stereocenters. The molecule has 0 heterocycles. The Morgan fingerprint density at radius 1 is 1.27 bits per heavy atom. The zero-order valence-electron chi connectivity index (χ0n) is 10.4. The van der Waals surface area contributed by atoms with Crippen molar-refractivity contribution in [3.8, 4) is 0 Å². The fraction of sp³-hybridized carbons (Fsp3) is 1.00. The van der Waals surface area contributed by atoms with Gasteiger partial charge in [-0.25, -0.2) is 0 Å². The average molecular weight is 213 g/mol. The molecule has 1 saturated carbocycles. The van der Waals surface area contributed by atoms with Gasteiger partial charge >= 0.3 is 0 Å². The van der Waals surface area contributed by atoms with Gasteiger partial charge in [0.25, 0.3) is 0 Å². The number of nitrogens with zero attached hydrogens (tertiary/aromatic N) is 1. The lowest BCUT2D eigenvalue weighted by Crippen LogP contribution is -2.41. The Morgan fingerprint density at radius 2 is 1.93 bits per heavy atom. The molecule has 2 nitrogen and oxygen atoms in total. The highest BCUT2D eigenvalue weighted by Crippen LogP contribution is 2.23. The third-order valence-electron chi connectivity index (χ3n) is 3.72. The van der Waals surface area contributed by atoms with E-state index in [1.807, 2.05) is 0 Å². The minimum absolute atomic E-state index is 0.312. The molecule has 0 amide bonds. The van der Waals surface area contributed by atoms with Gasteiger partial charge in [0.2, 0.25) is 0 Å². The minimum atomic E-state index is 0.312. The molecule has 1 fully saturated rings. The van der Waals surface area contributed by atoms with Gasteiger partial charge in [-0.15, -0.1) is 0 Å². The fourth-order valence-corrected chi connectivity index (χ4v) is 2.53. The number of aliphatic hydroxyl groups is 1. The van der Waals surface area contributed by atoms with Crippen LogP contribution in [0.2, 0.25) is 0 Å². The van der Waals surface area contributed by atoms with Crippen molar-refractivity contribution in [2.75, 3.05) is 19.7 Å². The normalized spacial score (nSPS) is 20.8. The molecule has 1 atom stereocenters. The lowest BCUT2D eigenvalue weighted by Gasteiger charge is -2.35. The Bertz CT molecular complexity index is 155. The molecule has 2 heteroatoms. The molecule has 0 spiro atoms. The zero-order chi connectivity index (χ0) is 11.1. The Balaban J connectivity index is 2.39. The first-order chi connectivity index (χ1) is 7.27. The Kier molecular flexibility index (Phi) is 6.26. The van der Waals surface area contributed by atoms with Gasteiger partial charge in [-0.3, -0.25) is 4.90 Å². The van der Waals surface area contributed by atoms with Gasteiger partial charge in [0.05, 0.1) is 6.61 Å². The molecule has 0 bridgehead atoms. The van der Waals surface area contributed by atoms with Crippen molar-refractivity contribution in [1.82, 2.24) is 4.90 Å². The third-order valence-corrected chi connectivity index (χ3v) is 3.72. The number of hydrogen-bond acceptors (Lipinski definition) is 2. The van der Waals surface area contributed by atoms with Gasteiger partial charge in [0, 0.05) is 19.1 Å². The summed E-state index contributed by atoms with van der Waals surface area (Å²) in [4.78, 5) is 2.52. The lowest BCUT2D eigenvalue weighted by atomic mass is 9.93. The first-order valence-corrected chi connectivity index (χ1v) is 6.62. The van der Waals surface area contributed by atoms with Crippen molar-refractivity contribution in [1.29, 1.82) is 0 Å². The van der Waals surface area contributed by atoms with E-state index in [2.05, 4.69) is 18.7 Å². The van der Waals surface area contributed by atoms with Crippen LogP contribution in [0, 0.1) is 5.92 Å². The van der Waals surface area contributed by atoms with Crippen molar-refractivity contribution in [2.24, 2.45) is 5.92 Å². The first-order valence-electron chi connectivity index (χ1n) is 6.62. The highest BCUT2D eigenvalue weighted by atomic mass is 16.3. The van der Waals surface area contributed by atoms with Crippen LogP contribution in [0.4, 0.5) is 0 Å². The van der Waals surface area contributed by atoms with Crippen LogP contribution in [0.15, 0.2) is 0 Å². The molecule has 1 aliphatic rings. The van der Waals surface area contributed by atoms with Gasteiger partial charge in [-0.2, -0.15) is 0 Å². The van der Waals surface area contributed by atoms with E-state index >= 15 is 0 Å². The lowest BCUT2D eigenvalue weighted by molar-refractivity contribution is 0.108. The number of aliphatic hydroxyl groups excluding tert-OH is 1. The second-order valence-electron chi connectivity index (χ2n) is 5.02. The van der Waals surface area contributed by atoms with Crippen LogP contribution in [0.1, 0.15) is 52.4 Å². The highest BCUT2D eigenvalue weighted by molar-refractivity contribution is 4.76. The van der Waals surface area contributed by atoms with Gasteiger partial charge < -0.3 is 5.11 Å². The Labute approximate surface area is 94.7 Å². The predicted molar refractivity (Wildman–Crippen MR) is 65.0 cm³/mol. The molecule has 0 radical (unpaired) electrons. The maximum Gasteiger partial charge on any atom is 0.0558 e. The van der Waals surface area contributed by atoms with E-state index in [4.69, 9.17) is 5.11 Å². The molecule has 1 aliphatic carbocycles. The largest absolute Gasteiger partial charge is 0.395 e. The van der Waals surface area contributed by atoms with Crippen molar-refractivity contribution < 1.29 is 5.11 Å². The standard InChI is InChI=1S/C13H27NO/c1-3-12(2)11-14(9-10-15)13-7-5-4-6-8-13/h12-13,15H,3-11H2,1-2H3. The van der Waals surface area contributed by atoms with E-state index in [1.54, 1.807) is 0 Å². The van der Waals surface area contributed by atoms with E-state index in [0.717, 1.165) is 18.5 Å². The van der Waals surface area contributed by atoms with Crippen LogP contribution in [0.5, 0.6) is 0 Å². The Morgan fingerprint density at radius 3 is 2.47 bits per heavy atom. The molecule has 0 aromatic heterocycles. The summed E-state index contributed by atoms with van der Waals surface area (Å²) in [5, 5.41) is 9.11. The van der Waals surface area contributed by atoms with Crippen LogP contribution in [0.3, 0.4) is 0 Å². The quantitative estimate of drug-likeness (QED) is 0.733. The molecule has 90 valence electrons. The van der Waals surface area contributed by atoms with Gasteiger partial charge in [0.1, 0.15) is 0 Å². The average Bonchev–Trinajstić information content (AvgIpc) is 2.29. The van der Waals surface area contributed by atoms with Crippen LogP contribution >= 0.6 is 0 Å². The van der Waals surface area contributed by atoms with E-state index < -0.39 is 0 Å². The maximum atomic E-state index is 9.11. The van der Waals surface area contributed by atoms with E-state index in [0.29, 0.717) is 6.61 Å².